The number of esters is 2. The number of carbonyl (C=O) groups excluding carboxylic acids is 2. The summed E-state index contributed by atoms with van der Waals surface area (Å²) in [5.41, 5.74) is 2.70. The number of carbonyl (C=O) groups is 2. The van der Waals surface area contributed by atoms with E-state index in [2.05, 4.69) is 4.99 Å². The molecule has 1 aromatic heterocycles. The highest BCUT2D eigenvalue weighted by Crippen LogP contribution is 2.26. The number of rotatable bonds is 6. The topological polar surface area (TPSA) is 87.0 Å². The van der Waals surface area contributed by atoms with Crippen molar-refractivity contribution in [2.75, 3.05) is 13.7 Å². The molecule has 0 spiro atoms. The maximum Gasteiger partial charge on any atom is 0.338 e. The molecule has 0 bridgehead atoms. The molecule has 0 saturated heterocycles. The Morgan fingerprint density at radius 1 is 1.06 bits per heavy atom. The molecule has 2 heterocycles. The van der Waals surface area contributed by atoms with E-state index in [4.69, 9.17) is 9.47 Å². The Labute approximate surface area is 206 Å². The van der Waals surface area contributed by atoms with Crippen LogP contribution < -0.4 is 14.9 Å². The quantitative estimate of drug-likeness (QED) is 0.497. The number of thiazole rings is 1. The molecule has 1 aliphatic heterocycles. The van der Waals surface area contributed by atoms with Gasteiger partial charge in [-0.3, -0.25) is 9.36 Å². The van der Waals surface area contributed by atoms with Crippen LogP contribution in [0.2, 0.25) is 0 Å². The summed E-state index contributed by atoms with van der Waals surface area (Å²) in [7, 11) is 1.33. The van der Waals surface area contributed by atoms with Crippen LogP contribution in [0.15, 0.2) is 81.7 Å². The van der Waals surface area contributed by atoms with E-state index in [-0.39, 0.29) is 12.2 Å². The minimum absolute atomic E-state index is 0.219. The summed E-state index contributed by atoms with van der Waals surface area (Å²) >= 11 is 1.24. The first-order valence-corrected chi connectivity index (χ1v) is 11.9. The van der Waals surface area contributed by atoms with Gasteiger partial charge in [-0.2, -0.15) is 0 Å². The Morgan fingerprint density at radius 3 is 2.43 bits per heavy atom. The van der Waals surface area contributed by atoms with Crippen LogP contribution in [0.25, 0.3) is 12.2 Å². The molecule has 3 aromatic rings. The molecule has 0 aliphatic carbocycles. The number of fused-ring (bicyclic) bond motifs is 1. The first kappa shape index (κ1) is 24.1. The number of allylic oxidation sites excluding steroid dienone is 2. The second-order valence-corrected chi connectivity index (χ2v) is 8.74. The van der Waals surface area contributed by atoms with Crippen molar-refractivity contribution in [3.63, 3.8) is 0 Å². The van der Waals surface area contributed by atoms with Gasteiger partial charge in [0.25, 0.3) is 5.56 Å². The first-order chi connectivity index (χ1) is 16.9. The Morgan fingerprint density at radius 2 is 1.77 bits per heavy atom. The lowest BCUT2D eigenvalue weighted by Crippen LogP contribution is -2.38. The molecule has 2 aromatic carbocycles. The minimum Gasteiger partial charge on any atom is -0.465 e. The van der Waals surface area contributed by atoms with Crippen molar-refractivity contribution in [3.05, 3.63) is 108 Å². The van der Waals surface area contributed by atoms with Gasteiger partial charge in [0.2, 0.25) is 0 Å². The Balaban J connectivity index is 1.82. The summed E-state index contributed by atoms with van der Waals surface area (Å²) in [4.78, 5) is 43.1. The number of hydrogen-bond acceptors (Lipinski definition) is 7. The van der Waals surface area contributed by atoms with Gasteiger partial charge in [0.15, 0.2) is 4.80 Å². The maximum atomic E-state index is 13.5. The van der Waals surface area contributed by atoms with Crippen LogP contribution in [0, 0.1) is 0 Å². The second kappa shape index (κ2) is 10.5. The summed E-state index contributed by atoms with van der Waals surface area (Å²) in [6.07, 6.45) is 5.45. The monoisotopic (exact) mass is 488 g/mol. The fraction of sp³-hybridized carbons (Fsp3) is 0.185. The second-order valence-electron chi connectivity index (χ2n) is 7.73. The SMILES string of the molecule is CCOC(=O)C1=C(C)N=c2s/c(=C/c3ccc(C(=O)OC)cc3)c(=O)n2[C@@H]1/C=C/c1ccccc1. The lowest BCUT2D eigenvalue weighted by molar-refractivity contribution is -0.139. The molecule has 0 radical (unpaired) electrons. The van der Waals surface area contributed by atoms with Crippen LogP contribution in [-0.4, -0.2) is 30.2 Å². The number of methoxy groups -OCH3 is 1. The van der Waals surface area contributed by atoms with Crippen molar-refractivity contribution in [3.8, 4) is 0 Å². The Bertz CT molecular complexity index is 1500. The average Bonchev–Trinajstić information content (AvgIpc) is 3.17. The van der Waals surface area contributed by atoms with Gasteiger partial charge in [-0.15, -0.1) is 0 Å². The minimum atomic E-state index is -0.658. The van der Waals surface area contributed by atoms with Gasteiger partial charge in [-0.1, -0.05) is 66.0 Å². The lowest BCUT2D eigenvalue weighted by Gasteiger charge is -2.21. The molecule has 8 heteroatoms. The number of nitrogens with zero attached hydrogens (tertiary/aromatic N) is 2. The molecular weight excluding hydrogens is 464 g/mol. The fourth-order valence-electron chi connectivity index (χ4n) is 3.77. The van der Waals surface area contributed by atoms with Gasteiger partial charge in [0, 0.05) is 0 Å². The van der Waals surface area contributed by atoms with Crippen molar-refractivity contribution < 1.29 is 19.1 Å². The zero-order valence-corrected chi connectivity index (χ0v) is 20.4. The Hall–Kier alpha value is -4.04. The number of ether oxygens (including phenoxy) is 2. The van der Waals surface area contributed by atoms with Crippen LogP contribution in [0.1, 0.15) is 41.4 Å². The van der Waals surface area contributed by atoms with E-state index in [9.17, 15) is 14.4 Å². The van der Waals surface area contributed by atoms with Crippen LogP contribution in [0.4, 0.5) is 0 Å². The van der Waals surface area contributed by atoms with Crippen molar-refractivity contribution in [2.24, 2.45) is 4.99 Å². The smallest absolute Gasteiger partial charge is 0.338 e. The molecule has 178 valence electrons. The molecule has 35 heavy (non-hydrogen) atoms. The van der Waals surface area contributed by atoms with E-state index in [1.165, 1.54) is 23.0 Å². The summed E-state index contributed by atoms with van der Waals surface area (Å²) in [5, 5.41) is 0. The van der Waals surface area contributed by atoms with Gasteiger partial charge in [0.1, 0.15) is 0 Å². The Kier molecular flexibility index (Phi) is 7.22. The molecule has 0 N–H and O–H groups in total. The fourth-order valence-corrected chi connectivity index (χ4v) is 4.82. The van der Waals surface area contributed by atoms with Crippen molar-refractivity contribution >= 4 is 35.4 Å². The average molecular weight is 489 g/mol. The number of aromatic nitrogens is 1. The predicted molar refractivity (Wildman–Crippen MR) is 135 cm³/mol. The first-order valence-electron chi connectivity index (χ1n) is 11.0. The third kappa shape index (κ3) is 5.07. The molecule has 1 atom stereocenters. The molecule has 0 amide bonds. The van der Waals surface area contributed by atoms with Crippen LogP contribution >= 0.6 is 11.3 Å². The van der Waals surface area contributed by atoms with Crippen LogP contribution in [0.3, 0.4) is 0 Å². The third-order valence-electron chi connectivity index (χ3n) is 5.46. The van der Waals surface area contributed by atoms with E-state index in [1.54, 1.807) is 44.2 Å². The lowest BCUT2D eigenvalue weighted by atomic mass is 10.0. The summed E-state index contributed by atoms with van der Waals surface area (Å²) in [6, 6.07) is 15.8. The summed E-state index contributed by atoms with van der Waals surface area (Å²) in [5.74, 6) is -0.924. The summed E-state index contributed by atoms with van der Waals surface area (Å²) < 4.78 is 12.0. The van der Waals surface area contributed by atoms with E-state index >= 15 is 0 Å². The largest absolute Gasteiger partial charge is 0.465 e. The standard InChI is InChI=1S/C27H24N2O5S/c1-4-34-26(32)23-17(2)28-27-29(21(23)15-12-18-8-6-5-7-9-18)24(30)22(35-27)16-19-10-13-20(14-11-19)25(31)33-3/h5-16,21H,4H2,1-3H3/b15-12+,22-16+/t21-/m1/s1. The van der Waals surface area contributed by atoms with Gasteiger partial charge in [0.05, 0.1) is 41.1 Å². The molecule has 7 nitrogen and oxygen atoms in total. The zero-order valence-electron chi connectivity index (χ0n) is 19.6. The highest BCUT2D eigenvalue weighted by atomic mass is 32.1. The highest BCUT2D eigenvalue weighted by Gasteiger charge is 2.30. The van der Waals surface area contributed by atoms with Gasteiger partial charge >= 0.3 is 11.9 Å². The van der Waals surface area contributed by atoms with E-state index < -0.39 is 18.0 Å². The predicted octanol–water partition coefficient (Wildman–Crippen LogP) is 3.25. The van der Waals surface area contributed by atoms with E-state index in [0.717, 1.165) is 11.1 Å². The normalized spacial score (nSPS) is 15.6. The van der Waals surface area contributed by atoms with Crippen LogP contribution in [0.5, 0.6) is 0 Å². The molecule has 0 fully saturated rings. The van der Waals surface area contributed by atoms with E-state index in [1.807, 2.05) is 42.5 Å². The zero-order chi connectivity index (χ0) is 24.9. The van der Waals surface area contributed by atoms with Gasteiger partial charge < -0.3 is 9.47 Å². The number of hydrogen-bond donors (Lipinski definition) is 0. The summed E-state index contributed by atoms with van der Waals surface area (Å²) in [6.45, 7) is 3.71. The molecule has 4 rings (SSSR count). The van der Waals surface area contributed by atoms with Crippen molar-refractivity contribution in [2.45, 2.75) is 19.9 Å². The maximum absolute atomic E-state index is 13.5. The molecular formula is C27H24N2O5S. The highest BCUT2D eigenvalue weighted by molar-refractivity contribution is 7.07. The van der Waals surface area contributed by atoms with E-state index in [0.29, 0.717) is 26.2 Å². The van der Waals surface area contributed by atoms with Gasteiger partial charge in [-0.25, -0.2) is 14.6 Å². The molecule has 1 aliphatic rings. The molecule has 0 saturated carbocycles. The number of benzene rings is 2. The van der Waals surface area contributed by atoms with Crippen LogP contribution in [-0.2, 0) is 14.3 Å². The van der Waals surface area contributed by atoms with Gasteiger partial charge in [-0.05, 0) is 43.2 Å². The molecule has 0 unspecified atom stereocenters. The third-order valence-corrected chi connectivity index (χ3v) is 6.44. The van der Waals surface area contributed by atoms with Crippen molar-refractivity contribution in [1.82, 2.24) is 4.57 Å². The van der Waals surface area contributed by atoms with Crippen molar-refractivity contribution in [1.29, 1.82) is 0 Å².